The first kappa shape index (κ1) is 17.8. The molecule has 3 aromatic rings. The first-order valence-corrected chi connectivity index (χ1v) is 8.63. The van der Waals surface area contributed by atoms with Gasteiger partial charge in [0.2, 0.25) is 0 Å². The lowest BCUT2D eigenvalue weighted by atomic mass is 10.2. The predicted octanol–water partition coefficient (Wildman–Crippen LogP) is 4.12. The van der Waals surface area contributed by atoms with Crippen LogP contribution in [0, 0.1) is 12.7 Å². The van der Waals surface area contributed by atoms with Crippen LogP contribution in [-0.2, 0) is 0 Å². The number of aromatic hydroxyl groups is 1. The van der Waals surface area contributed by atoms with Crippen LogP contribution in [-0.4, -0.2) is 21.7 Å². The van der Waals surface area contributed by atoms with E-state index in [-0.39, 0.29) is 11.3 Å². The average Bonchev–Trinajstić information content (AvgIpc) is 3.02. The summed E-state index contributed by atoms with van der Waals surface area (Å²) in [6.45, 7) is 3.61. The third-order valence-electron chi connectivity index (χ3n) is 3.68. The van der Waals surface area contributed by atoms with Crippen molar-refractivity contribution < 1.29 is 14.3 Å². The predicted molar refractivity (Wildman–Crippen MR) is 100 cm³/mol. The molecule has 0 aliphatic carbocycles. The molecule has 0 aliphatic rings. The molecule has 0 saturated heterocycles. The molecule has 1 amide bonds. The maximum absolute atomic E-state index is 13.6. The third kappa shape index (κ3) is 3.78. The van der Waals surface area contributed by atoms with Crippen molar-refractivity contribution in [2.45, 2.75) is 13.8 Å². The molecule has 0 fully saturated rings. The third-order valence-corrected chi connectivity index (χ3v) is 5.00. The van der Waals surface area contributed by atoms with E-state index in [4.69, 9.17) is 0 Å². The number of halogens is 1. The molecular formula is C19H16FN3O2S. The van der Waals surface area contributed by atoms with Crippen LogP contribution >= 0.6 is 11.3 Å². The number of phenols is 1. The van der Waals surface area contributed by atoms with Gasteiger partial charge >= 0.3 is 0 Å². The normalized spacial score (nSPS) is 11.4. The number of carbonyl (C=O) groups is 1. The second-order valence-electron chi connectivity index (χ2n) is 5.60. The van der Waals surface area contributed by atoms with Crippen LogP contribution in [0.3, 0.4) is 0 Å². The number of nitrogens with zero attached hydrogens (tertiary/aromatic N) is 2. The van der Waals surface area contributed by atoms with E-state index in [1.54, 1.807) is 37.3 Å². The maximum atomic E-state index is 13.6. The van der Waals surface area contributed by atoms with Crippen molar-refractivity contribution in [2.75, 3.05) is 0 Å². The standard InChI is InChI=1S/C19H16FN3O2S/c1-11-17(26-19(21-11)13-7-9-14(24)10-8-13)12(2)22-23-18(25)15-5-3-4-6-16(15)20/h3-10,24H,1-2H3,(H,23,25)/b22-12+. The minimum absolute atomic E-state index is 0.0603. The zero-order valence-electron chi connectivity index (χ0n) is 14.2. The summed E-state index contributed by atoms with van der Waals surface area (Å²) in [5.41, 5.74) is 4.55. The molecule has 1 aromatic heterocycles. The van der Waals surface area contributed by atoms with Gasteiger partial charge in [-0.2, -0.15) is 5.10 Å². The molecule has 0 saturated carbocycles. The second-order valence-corrected chi connectivity index (χ2v) is 6.60. The summed E-state index contributed by atoms with van der Waals surface area (Å²) in [6.07, 6.45) is 0. The Morgan fingerprint density at radius 1 is 1.19 bits per heavy atom. The number of aryl methyl sites for hydroxylation is 1. The van der Waals surface area contributed by atoms with Crippen LogP contribution in [0.15, 0.2) is 53.6 Å². The molecule has 132 valence electrons. The number of hydrogen-bond donors (Lipinski definition) is 2. The van der Waals surface area contributed by atoms with Crippen molar-refractivity contribution in [3.63, 3.8) is 0 Å². The van der Waals surface area contributed by atoms with Crippen LogP contribution in [0.4, 0.5) is 4.39 Å². The Bertz CT molecular complexity index is 981. The summed E-state index contributed by atoms with van der Waals surface area (Å²) in [6, 6.07) is 12.5. The lowest BCUT2D eigenvalue weighted by Crippen LogP contribution is -2.20. The van der Waals surface area contributed by atoms with E-state index < -0.39 is 11.7 Å². The van der Waals surface area contributed by atoms with E-state index in [9.17, 15) is 14.3 Å². The van der Waals surface area contributed by atoms with Crippen LogP contribution in [0.1, 0.15) is 27.9 Å². The van der Waals surface area contributed by atoms with E-state index >= 15 is 0 Å². The summed E-state index contributed by atoms with van der Waals surface area (Å²) in [5.74, 6) is -1.01. The highest BCUT2D eigenvalue weighted by Crippen LogP contribution is 2.29. The van der Waals surface area contributed by atoms with Crippen molar-refractivity contribution in [3.8, 4) is 16.3 Å². The summed E-state index contributed by atoms with van der Waals surface area (Å²) >= 11 is 1.43. The average molecular weight is 369 g/mol. The number of phenolic OH excluding ortho intramolecular Hbond substituents is 1. The highest BCUT2D eigenvalue weighted by atomic mass is 32.1. The quantitative estimate of drug-likeness (QED) is 0.537. The molecular weight excluding hydrogens is 353 g/mol. The van der Waals surface area contributed by atoms with E-state index in [0.29, 0.717) is 5.71 Å². The van der Waals surface area contributed by atoms with Crippen LogP contribution in [0.2, 0.25) is 0 Å². The highest BCUT2D eigenvalue weighted by molar-refractivity contribution is 7.17. The van der Waals surface area contributed by atoms with E-state index in [1.165, 1.54) is 29.5 Å². The van der Waals surface area contributed by atoms with Crippen molar-refractivity contribution >= 4 is 23.0 Å². The largest absolute Gasteiger partial charge is 0.508 e. The van der Waals surface area contributed by atoms with Gasteiger partial charge < -0.3 is 5.11 Å². The summed E-state index contributed by atoms with van der Waals surface area (Å²) in [5, 5.41) is 14.2. The summed E-state index contributed by atoms with van der Waals surface area (Å²) < 4.78 is 13.6. The van der Waals surface area contributed by atoms with Gasteiger partial charge in [0.05, 0.1) is 21.8 Å². The smallest absolute Gasteiger partial charge is 0.274 e. The molecule has 2 aromatic carbocycles. The Kier molecular flexibility index (Phi) is 5.09. The maximum Gasteiger partial charge on any atom is 0.274 e. The minimum atomic E-state index is -0.608. The topological polar surface area (TPSA) is 74.6 Å². The van der Waals surface area contributed by atoms with Crippen molar-refractivity contribution in [1.29, 1.82) is 0 Å². The number of carbonyl (C=O) groups excluding carboxylic acids is 1. The fourth-order valence-electron chi connectivity index (χ4n) is 2.35. The van der Waals surface area contributed by atoms with Crippen LogP contribution in [0.25, 0.3) is 10.6 Å². The number of thiazole rings is 1. The van der Waals surface area contributed by atoms with Crippen molar-refractivity contribution in [1.82, 2.24) is 10.4 Å². The molecule has 3 rings (SSSR count). The van der Waals surface area contributed by atoms with Gasteiger partial charge in [0.25, 0.3) is 5.91 Å². The molecule has 7 heteroatoms. The first-order valence-electron chi connectivity index (χ1n) is 7.82. The van der Waals surface area contributed by atoms with Gasteiger partial charge in [-0.05, 0) is 50.2 Å². The number of hydrogen-bond acceptors (Lipinski definition) is 5. The molecule has 2 N–H and O–H groups in total. The van der Waals surface area contributed by atoms with E-state index in [1.807, 2.05) is 6.92 Å². The van der Waals surface area contributed by atoms with Crippen molar-refractivity contribution in [2.24, 2.45) is 5.10 Å². The highest BCUT2D eigenvalue weighted by Gasteiger charge is 2.14. The molecule has 1 heterocycles. The number of benzene rings is 2. The van der Waals surface area contributed by atoms with Crippen LogP contribution in [0.5, 0.6) is 5.75 Å². The minimum Gasteiger partial charge on any atom is -0.508 e. The molecule has 26 heavy (non-hydrogen) atoms. The van der Waals surface area contributed by atoms with Gasteiger partial charge in [-0.25, -0.2) is 14.8 Å². The number of amides is 1. The molecule has 0 radical (unpaired) electrons. The zero-order valence-corrected chi connectivity index (χ0v) is 15.0. The summed E-state index contributed by atoms with van der Waals surface area (Å²) in [4.78, 5) is 17.4. The number of rotatable bonds is 4. The summed E-state index contributed by atoms with van der Waals surface area (Å²) in [7, 11) is 0. The van der Waals surface area contributed by atoms with Gasteiger partial charge in [-0.15, -0.1) is 11.3 Å². The molecule has 0 bridgehead atoms. The first-order chi connectivity index (χ1) is 12.5. The number of aromatic nitrogens is 1. The Labute approximate surface area is 153 Å². The Hall–Kier alpha value is -3.06. The van der Waals surface area contributed by atoms with Gasteiger partial charge in [0.1, 0.15) is 16.6 Å². The lowest BCUT2D eigenvalue weighted by molar-refractivity contribution is 0.0951. The van der Waals surface area contributed by atoms with Crippen LogP contribution < -0.4 is 5.43 Å². The van der Waals surface area contributed by atoms with Gasteiger partial charge in [0, 0.05) is 5.56 Å². The van der Waals surface area contributed by atoms with E-state index in [2.05, 4.69) is 15.5 Å². The molecule has 5 nitrogen and oxygen atoms in total. The molecule has 0 aliphatic heterocycles. The van der Waals surface area contributed by atoms with Gasteiger partial charge in [-0.3, -0.25) is 4.79 Å². The Morgan fingerprint density at radius 2 is 1.88 bits per heavy atom. The fourth-order valence-corrected chi connectivity index (χ4v) is 3.37. The van der Waals surface area contributed by atoms with Gasteiger partial charge in [0.15, 0.2) is 0 Å². The zero-order chi connectivity index (χ0) is 18.7. The number of nitrogens with one attached hydrogen (secondary N) is 1. The van der Waals surface area contributed by atoms with Crippen molar-refractivity contribution in [3.05, 3.63) is 70.5 Å². The molecule has 0 spiro atoms. The van der Waals surface area contributed by atoms with Gasteiger partial charge in [-0.1, -0.05) is 12.1 Å². The second kappa shape index (κ2) is 7.45. The SMILES string of the molecule is C/C(=N\NC(=O)c1ccccc1F)c1sc(-c2ccc(O)cc2)nc1C. The molecule has 0 unspecified atom stereocenters. The molecule has 0 atom stereocenters. The monoisotopic (exact) mass is 369 g/mol. The Balaban J connectivity index is 1.80. The number of hydrazone groups is 1. The van der Waals surface area contributed by atoms with E-state index in [0.717, 1.165) is 21.1 Å². The lowest BCUT2D eigenvalue weighted by Gasteiger charge is -2.03. The Morgan fingerprint density at radius 3 is 2.58 bits per heavy atom. The fraction of sp³-hybridized carbons (Fsp3) is 0.105.